The molecule has 0 saturated carbocycles. The van der Waals surface area contributed by atoms with E-state index < -0.39 is 72.3 Å². The molecule has 0 aromatic heterocycles. The van der Waals surface area contributed by atoms with Gasteiger partial charge in [-0.25, -0.2) is 14.4 Å². The molecule has 57 heavy (non-hydrogen) atoms. The largest absolute Gasteiger partial charge is 0.508 e. The SMILES string of the molecule is NCCC[C@@H]1NC(=O)[C@@H](N)Cc2cc(ccc2O)-c2ccc(O)c(c2)C[C@@H](C(=O)NCCN)NC1=O.O=C(O)C(F)(F)F.O=C(O)C(F)(F)F.O=C(O)C(F)(F)F. The van der Waals surface area contributed by atoms with Crippen molar-refractivity contribution in [2.45, 2.75) is 62.3 Å². The molecule has 0 fully saturated rings. The highest BCUT2D eigenvalue weighted by atomic mass is 19.4. The van der Waals surface area contributed by atoms with Gasteiger partial charge in [-0.2, -0.15) is 39.5 Å². The van der Waals surface area contributed by atoms with Gasteiger partial charge in [-0.1, -0.05) is 12.1 Å². The van der Waals surface area contributed by atoms with Crippen molar-refractivity contribution < 1.29 is 93.8 Å². The van der Waals surface area contributed by atoms with E-state index in [9.17, 15) is 64.1 Å². The van der Waals surface area contributed by atoms with E-state index in [-0.39, 0.29) is 43.9 Å². The number of benzene rings is 2. The van der Waals surface area contributed by atoms with Gasteiger partial charge in [-0.15, -0.1) is 0 Å². The zero-order chi connectivity index (χ0) is 44.5. The van der Waals surface area contributed by atoms with Crippen molar-refractivity contribution >= 4 is 35.6 Å². The van der Waals surface area contributed by atoms with Crippen LogP contribution in [0.1, 0.15) is 24.0 Å². The summed E-state index contributed by atoms with van der Waals surface area (Å²) in [5.74, 6) is -9.95. The van der Waals surface area contributed by atoms with Crippen LogP contribution in [0.5, 0.6) is 11.5 Å². The number of aliphatic carboxylic acids is 3. The number of carbonyl (C=O) groups excluding carboxylic acids is 3. The molecule has 1 aliphatic heterocycles. The van der Waals surface area contributed by atoms with Crippen molar-refractivity contribution in [3.63, 3.8) is 0 Å². The number of hydrogen-bond acceptors (Lipinski definition) is 11. The van der Waals surface area contributed by atoms with Gasteiger partial charge in [0.2, 0.25) is 17.7 Å². The molecule has 0 spiro atoms. The number of alkyl halides is 9. The lowest BCUT2D eigenvalue weighted by Gasteiger charge is -2.24. The Labute approximate surface area is 315 Å². The molecule has 3 amide bonds. The van der Waals surface area contributed by atoms with Crippen molar-refractivity contribution in [3.8, 4) is 22.6 Å². The normalized spacial score (nSPS) is 17.1. The molecular weight excluding hydrogens is 803 g/mol. The number of nitrogens with two attached hydrogens (primary N) is 3. The minimum absolute atomic E-state index is 0.0101. The molecule has 3 rings (SSSR count). The Hall–Kier alpha value is -5.89. The van der Waals surface area contributed by atoms with Crippen LogP contribution in [-0.2, 0) is 41.6 Å². The second kappa shape index (κ2) is 22.6. The molecule has 1 aliphatic rings. The van der Waals surface area contributed by atoms with Gasteiger partial charge in [0.15, 0.2) is 0 Å². The summed E-state index contributed by atoms with van der Waals surface area (Å²) in [5.41, 5.74) is 19.6. The first-order valence-electron chi connectivity index (χ1n) is 15.6. The van der Waals surface area contributed by atoms with Crippen molar-refractivity contribution in [2.24, 2.45) is 17.2 Å². The van der Waals surface area contributed by atoms with E-state index in [1.165, 1.54) is 12.1 Å². The number of halogens is 9. The van der Waals surface area contributed by atoms with Gasteiger partial charge >= 0.3 is 36.4 Å². The fraction of sp³-hybridized carbons (Fsp3) is 0.419. The van der Waals surface area contributed by atoms with Crippen molar-refractivity contribution in [3.05, 3.63) is 47.5 Å². The molecule has 0 saturated heterocycles. The number of carboxylic acid groups (broad SMARTS) is 3. The number of aromatic hydroxyl groups is 2. The number of rotatable bonds is 6. The van der Waals surface area contributed by atoms with Crippen LogP contribution in [0.3, 0.4) is 0 Å². The minimum Gasteiger partial charge on any atom is -0.508 e. The summed E-state index contributed by atoms with van der Waals surface area (Å²) in [5, 5.41) is 50.3. The van der Waals surface area contributed by atoms with E-state index in [2.05, 4.69) is 16.0 Å². The molecule has 320 valence electrons. The molecule has 4 bridgehead atoms. The highest BCUT2D eigenvalue weighted by molar-refractivity contribution is 5.93. The Kier molecular flexibility index (Phi) is 20.3. The minimum atomic E-state index is -5.08. The maximum atomic E-state index is 13.2. The summed E-state index contributed by atoms with van der Waals surface area (Å²) < 4.78 is 95.2. The number of fused-ring (bicyclic) bond motifs is 5. The van der Waals surface area contributed by atoms with Crippen LogP contribution in [0.25, 0.3) is 11.1 Å². The number of phenolic OH excluding ortho intramolecular Hbond substituents is 2. The Morgan fingerprint density at radius 3 is 1.46 bits per heavy atom. The van der Waals surface area contributed by atoms with Gasteiger partial charge in [-0.3, -0.25) is 14.4 Å². The zero-order valence-corrected chi connectivity index (χ0v) is 29.0. The van der Waals surface area contributed by atoms with Gasteiger partial charge in [0.25, 0.3) is 0 Å². The van der Waals surface area contributed by atoms with Crippen molar-refractivity contribution in [1.82, 2.24) is 16.0 Å². The lowest BCUT2D eigenvalue weighted by Crippen LogP contribution is -2.56. The number of carbonyl (C=O) groups is 6. The predicted octanol–water partition coefficient (Wildman–Crippen LogP) is 0.874. The van der Waals surface area contributed by atoms with Gasteiger partial charge in [0.1, 0.15) is 23.6 Å². The lowest BCUT2D eigenvalue weighted by molar-refractivity contribution is -0.193. The van der Waals surface area contributed by atoms with E-state index in [1.54, 1.807) is 24.3 Å². The average molecular weight is 841 g/mol. The molecule has 14 N–H and O–H groups in total. The first-order valence-corrected chi connectivity index (χ1v) is 15.6. The maximum absolute atomic E-state index is 13.2. The Balaban J connectivity index is 0.00000121. The highest BCUT2D eigenvalue weighted by Crippen LogP contribution is 2.31. The van der Waals surface area contributed by atoms with Gasteiger partial charge < -0.3 is 58.7 Å². The monoisotopic (exact) mass is 840 g/mol. The van der Waals surface area contributed by atoms with Crippen LogP contribution in [0.2, 0.25) is 0 Å². The van der Waals surface area contributed by atoms with E-state index in [0.717, 1.165) is 5.56 Å². The third-order valence-electron chi connectivity index (χ3n) is 6.83. The molecule has 0 aliphatic carbocycles. The standard InChI is InChI=1S/C25H34N6O5.3C2HF3O2/c26-7-1-2-19-25(36)31-20(24(35)29-9-8-27)13-17-11-15(4-6-22(17)33)14-3-5-21(32)16(10-14)12-18(28)23(34)30-19;3*3-2(4,5)1(6)7/h3-6,10-11,18-20,32-33H,1-2,7-9,12-13,26-28H2,(H,29,35)(H,30,34)(H,31,36);3*(H,6,7)/t18-,19-,20-;;;/m0.../s1. The first-order chi connectivity index (χ1) is 26.1. The summed E-state index contributed by atoms with van der Waals surface area (Å²) in [4.78, 5) is 65.7. The summed E-state index contributed by atoms with van der Waals surface area (Å²) in [6.07, 6.45) is -14.5. The highest BCUT2D eigenvalue weighted by Gasteiger charge is 2.39. The molecular formula is C31H37F9N6O11. The third kappa shape index (κ3) is 19.0. The molecule has 26 heteroatoms. The molecule has 17 nitrogen and oxygen atoms in total. The van der Waals surface area contributed by atoms with Gasteiger partial charge in [0, 0.05) is 25.9 Å². The second-order valence-electron chi connectivity index (χ2n) is 11.2. The average Bonchev–Trinajstić information content (AvgIpc) is 3.09. The molecule has 2 aromatic rings. The lowest BCUT2D eigenvalue weighted by atomic mass is 9.95. The fourth-order valence-corrected chi connectivity index (χ4v) is 4.08. The molecule has 3 atom stereocenters. The van der Waals surface area contributed by atoms with E-state index in [1.807, 2.05) is 0 Å². The van der Waals surface area contributed by atoms with Crippen molar-refractivity contribution in [2.75, 3.05) is 19.6 Å². The van der Waals surface area contributed by atoms with Gasteiger partial charge in [-0.05, 0) is 65.9 Å². The molecule has 1 heterocycles. The Morgan fingerprint density at radius 2 is 1.09 bits per heavy atom. The third-order valence-corrected chi connectivity index (χ3v) is 6.83. The van der Waals surface area contributed by atoms with Crippen LogP contribution in [0.4, 0.5) is 39.5 Å². The van der Waals surface area contributed by atoms with Crippen molar-refractivity contribution in [1.29, 1.82) is 0 Å². The summed E-state index contributed by atoms with van der Waals surface area (Å²) in [7, 11) is 0. The van der Waals surface area contributed by atoms with Gasteiger partial charge in [0.05, 0.1) is 6.04 Å². The van der Waals surface area contributed by atoms with E-state index in [4.69, 9.17) is 46.9 Å². The van der Waals surface area contributed by atoms with Crippen LogP contribution >= 0.6 is 0 Å². The Morgan fingerprint density at radius 1 is 0.684 bits per heavy atom. The van der Waals surface area contributed by atoms with E-state index in [0.29, 0.717) is 29.7 Å². The molecule has 2 aromatic carbocycles. The molecule has 0 unspecified atom stereocenters. The summed E-state index contributed by atoms with van der Waals surface area (Å²) in [6.45, 7) is 0.715. The molecule has 0 radical (unpaired) electrons. The predicted molar refractivity (Wildman–Crippen MR) is 176 cm³/mol. The summed E-state index contributed by atoms with van der Waals surface area (Å²) >= 11 is 0. The van der Waals surface area contributed by atoms with Crippen LogP contribution < -0.4 is 33.2 Å². The second-order valence-corrected chi connectivity index (χ2v) is 11.2. The topological polar surface area (TPSA) is 318 Å². The smallest absolute Gasteiger partial charge is 0.490 e. The van der Waals surface area contributed by atoms with Crippen LogP contribution in [0.15, 0.2) is 36.4 Å². The number of phenols is 2. The van der Waals surface area contributed by atoms with Crippen LogP contribution in [-0.4, -0.2) is 117 Å². The number of hydrogen-bond donors (Lipinski definition) is 11. The maximum Gasteiger partial charge on any atom is 0.490 e. The number of amides is 3. The fourth-order valence-electron chi connectivity index (χ4n) is 4.08. The zero-order valence-electron chi connectivity index (χ0n) is 29.0. The number of carboxylic acids is 3. The van der Waals surface area contributed by atoms with Crippen LogP contribution in [0, 0.1) is 0 Å². The van der Waals surface area contributed by atoms with E-state index >= 15 is 0 Å². The quantitative estimate of drug-likeness (QED) is 0.180. The first kappa shape index (κ1) is 51.1. The Bertz CT molecular complexity index is 1650. The number of nitrogens with one attached hydrogen (secondary N) is 3. The summed E-state index contributed by atoms with van der Waals surface area (Å²) in [6, 6.07) is 6.79.